The number of amides is 1. The number of imidazole rings is 1. The van der Waals surface area contributed by atoms with Gasteiger partial charge in [-0.2, -0.15) is 0 Å². The van der Waals surface area contributed by atoms with Gasteiger partial charge in [-0.25, -0.2) is 4.98 Å². The summed E-state index contributed by atoms with van der Waals surface area (Å²) in [6.07, 6.45) is 5.47. The highest BCUT2D eigenvalue weighted by Gasteiger charge is 2.22. The lowest BCUT2D eigenvalue weighted by Crippen LogP contribution is -2.49. The number of benzene rings is 1. The SMILES string of the molecule is Cc1cccnc1CN1CCN(C(=O)Cn2ccnc2-c2ccccc2)CC1. The van der Waals surface area contributed by atoms with E-state index in [0.717, 1.165) is 49.8 Å². The maximum absolute atomic E-state index is 12.8. The van der Waals surface area contributed by atoms with Crippen LogP contribution in [0.25, 0.3) is 11.4 Å². The van der Waals surface area contributed by atoms with Crippen molar-refractivity contribution in [1.82, 2.24) is 24.3 Å². The Morgan fingerprint density at radius 3 is 2.50 bits per heavy atom. The van der Waals surface area contributed by atoms with Crippen molar-refractivity contribution in [1.29, 1.82) is 0 Å². The van der Waals surface area contributed by atoms with Gasteiger partial charge in [-0.05, 0) is 18.6 Å². The molecule has 0 N–H and O–H groups in total. The van der Waals surface area contributed by atoms with Crippen molar-refractivity contribution in [3.05, 3.63) is 72.3 Å². The number of pyridine rings is 1. The summed E-state index contributed by atoms with van der Waals surface area (Å²) < 4.78 is 1.93. The van der Waals surface area contributed by atoms with Gasteiger partial charge in [0.2, 0.25) is 5.91 Å². The van der Waals surface area contributed by atoms with Gasteiger partial charge in [0.05, 0.1) is 5.69 Å². The van der Waals surface area contributed by atoms with Gasteiger partial charge in [0.15, 0.2) is 0 Å². The smallest absolute Gasteiger partial charge is 0.242 e. The first kappa shape index (κ1) is 18.4. The van der Waals surface area contributed by atoms with E-state index in [1.165, 1.54) is 5.56 Å². The molecule has 28 heavy (non-hydrogen) atoms. The van der Waals surface area contributed by atoms with Gasteiger partial charge in [0, 0.05) is 56.9 Å². The maximum Gasteiger partial charge on any atom is 0.242 e. The molecule has 1 saturated heterocycles. The molecule has 0 bridgehead atoms. The van der Waals surface area contributed by atoms with E-state index in [9.17, 15) is 4.79 Å². The summed E-state index contributed by atoms with van der Waals surface area (Å²) in [5.74, 6) is 0.974. The molecule has 1 fully saturated rings. The molecule has 0 radical (unpaired) electrons. The zero-order chi connectivity index (χ0) is 19.3. The Labute approximate surface area is 165 Å². The van der Waals surface area contributed by atoms with Crippen molar-refractivity contribution in [3.8, 4) is 11.4 Å². The fraction of sp³-hybridized carbons (Fsp3) is 0.318. The van der Waals surface area contributed by atoms with E-state index in [4.69, 9.17) is 0 Å². The van der Waals surface area contributed by atoms with Crippen molar-refractivity contribution in [2.24, 2.45) is 0 Å². The Bertz CT molecular complexity index is 929. The minimum atomic E-state index is 0.142. The van der Waals surface area contributed by atoms with Crippen LogP contribution in [0, 0.1) is 6.92 Å². The Balaban J connectivity index is 1.34. The molecule has 1 aromatic carbocycles. The summed E-state index contributed by atoms with van der Waals surface area (Å²) in [6, 6.07) is 14.0. The minimum Gasteiger partial charge on any atom is -0.339 e. The third-order valence-electron chi connectivity index (χ3n) is 5.27. The molecular formula is C22H25N5O. The molecule has 0 spiro atoms. The summed E-state index contributed by atoms with van der Waals surface area (Å²) >= 11 is 0. The topological polar surface area (TPSA) is 54.3 Å². The third-order valence-corrected chi connectivity index (χ3v) is 5.27. The van der Waals surface area contributed by atoms with Gasteiger partial charge in [-0.3, -0.25) is 14.7 Å². The second-order valence-electron chi connectivity index (χ2n) is 7.17. The Morgan fingerprint density at radius 2 is 1.75 bits per heavy atom. The van der Waals surface area contributed by atoms with E-state index in [0.29, 0.717) is 6.54 Å². The Kier molecular flexibility index (Phi) is 5.48. The number of rotatable bonds is 5. The highest BCUT2D eigenvalue weighted by atomic mass is 16.2. The molecule has 0 atom stereocenters. The summed E-state index contributed by atoms with van der Waals surface area (Å²) in [5.41, 5.74) is 3.36. The van der Waals surface area contributed by atoms with Crippen LogP contribution < -0.4 is 0 Å². The molecule has 1 amide bonds. The predicted octanol–water partition coefficient (Wildman–Crippen LogP) is 2.60. The van der Waals surface area contributed by atoms with Crippen LogP contribution in [0.3, 0.4) is 0 Å². The number of hydrogen-bond donors (Lipinski definition) is 0. The van der Waals surface area contributed by atoms with Crippen molar-refractivity contribution in [2.75, 3.05) is 26.2 Å². The van der Waals surface area contributed by atoms with E-state index in [1.54, 1.807) is 6.20 Å². The molecule has 6 nitrogen and oxygen atoms in total. The number of aromatic nitrogens is 3. The van der Waals surface area contributed by atoms with Gasteiger partial charge in [0.1, 0.15) is 12.4 Å². The van der Waals surface area contributed by atoms with Crippen molar-refractivity contribution in [2.45, 2.75) is 20.0 Å². The maximum atomic E-state index is 12.8. The number of hydrogen-bond acceptors (Lipinski definition) is 4. The van der Waals surface area contributed by atoms with Crippen LogP contribution in [-0.4, -0.2) is 56.4 Å². The van der Waals surface area contributed by atoms with Crippen LogP contribution in [0.15, 0.2) is 61.1 Å². The lowest BCUT2D eigenvalue weighted by molar-refractivity contribution is -0.133. The predicted molar refractivity (Wildman–Crippen MR) is 108 cm³/mol. The molecule has 0 saturated carbocycles. The highest BCUT2D eigenvalue weighted by Crippen LogP contribution is 2.17. The van der Waals surface area contributed by atoms with Crippen LogP contribution in [0.1, 0.15) is 11.3 Å². The largest absolute Gasteiger partial charge is 0.339 e. The molecule has 0 unspecified atom stereocenters. The number of carbonyl (C=O) groups is 1. The molecule has 3 aromatic rings. The zero-order valence-electron chi connectivity index (χ0n) is 16.2. The fourth-order valence-corrected chi connectivity index (χ4v) is 3.58. The normalized spacial score (nSPS) is 15.0. The van der Waals surface area contributed by atoms with E-state index in [1.807, 2.05) is 58.3 Å². The number of piperazine rings is 1. The lowest BCUT2D eigenvalue weighted by Gasteiger charge is -2.34. The molecule has 0 aliphatic carbocycles. The zero-order valence-corrected chi connectivity index (χ0v) is 16.2. The Hall–Kier alpha value is -2.99. The van der Waals surface area contributed by atoms with E-state index in [-0.39, 0.29) is 5.91 Å². The summed E-state index contributed by atoms with van der Waals surface area (Å²) in [6.45, 7) is 6.50. The molecule has 1 aliphatic heterocycles. The number of aryl methyl sites for hydroxylation is 1. The fourth-order valence-electron chi connectivity index (χ4n) is 3.58. The first-order valence-electron chi connectivity index (χ1n) is 9.68. The molecule has 1 aliphatic rings. The number of carbonyl (C=O) groups excluding carboxylic acids is 1. The highest BCUT2D eigenvalue weighted by molar-refractivity contribution is 5.77. The standard InChI is InChI=1S/C22H25N5O/c1-18-6-5-9-23-20(18)16-25-12-14-26(15-13-25)21(28)17-27-11-10-24-22(27)19-7-3-2-4-8-19/h2-11H,12-17H2,1H3. The van der Waals surface area contributed by atoms with Crippen LogP contribution in [-0.2, 0) is 17.9 Å². The van der Waals surface area contributed by atoms with Gasteiger partial charge in [0.25, 0.3) is 0 Å². The molecule has 2 aromatic heterocycles. The molecule has 144 valence electrons. The van der Waals surface area contributed by atoms with Gasteiger partial charge in [-0.1, -0.05) is 36.4 Å². The molecule has 3 heterocycles. The first-order valence-corrected chi connectivity index (χ1v) is 9.68. The van der Waals surface area contributed by atoms with Crippen LogP contribution in [0.2, 0.25) is 0 Å². The monoisotopic (exact) mass is 375 g/mol. The molecule has 6 heteroatoms. The molecule has 4 rings (SSSR count). The van der Waals surface area contributed by atoms with Gasteiger partial charge in [-0.15, -0.1) is 0 Å². The van der Waals surface area contributed by atoms with Crippen LogP contribution >= 0.6 is 0 Å². The van der Waals surface area contributed by atoms with Crippen LogP contribution in [0.5, 0.6) is 0 Å². The third kappa shape index (κ3) is 4.12. The minimum absolute atomic E-state index is 0.142. The van der Waals surface area contributed by atoms with E-state index < -0.39 is 0 Å². The lowest BCUT2D eigenvalue weighted by atomic mass is 10.2. The summed E-state index contributed by atoms with van der Waals surface area (Å²) in [7, 11) is 0. The summed E-state index contributed by atoms with van der Waals surface area (Å²) in [4.78, 5) is 26.0. The van der Waals surface area contributed by atoms with E-state index in [2.05, 4.69) is 27.9 Å². The quantitative estimate of drug-likeness (QED) is 0.688. The second kappa shape index (κ2) is 8.35. The van der Waals surface area contributed by atoms with E-state index >= 15 is 0 Å². The Morgan fingerprint density at radius 1 is 0.964 bits per heavy atom. The van der Waals surface area contributed by atoms with Gasteiger partial charge < -0.3 is 9.47 Å². The van der Waals surface area contributed by atoms with Gasteiger partial charge >= 0.3 is 0 Å². The average molecular weight is 375 g/mol. The van der Waals surface area contributed by atoms with Crippen molar-refractivity contribution >= 4 is 5.91 Å². The first-order chi connectivity index (χ1) is 13.7. The molecular weight excluding hydrogens is 350 g/mol. The van der Waals surface area contributed by atoms with Crippen LogP contribution in [0.4, 0.5) is 0 Å². The second-order valence-corrected chi connectivity index (χ2v) is 7.17. The number of nitrogens with zero attached hydrogens (tertiary/aromatic N) is 5. The van der Waals surface area contributed by atoms with Crippen molar-refractivity contribution in [3.63, 3.8) is 0 Å². The summed E-state index contributed by atoms with van der Waals surface area (Å²) in [5, 5.41) is 0. The van der Waals surface area contributed by atoms with Crippen molar-refractivity contribution < 1.29 is 4.79 Å². The average Bonchev–Trinajstić information content (AvgIpc) is 3.19.